The van der Waals surface area contributed by atoms with Crippen LogP contribution in [-0.2, 0) is 0 Å². The molecule has 2 atom stereocenters. The molecule has 0 saturated carbocycles. The van der Waals surface area contributed by atoms with Crippen LogP contribution in [0.15, 0.2) is 17.5 Å². The van der Waals surface area contributed by atoms with Gasteiger partial charge in [0.25, 0.3) is 0 Å². The molecule has 3 rings (SSSR count). The number of carbonyl (C=O) groups is 2. The van der Waals surface area contributed by atoms with Gasteiger partial charge in [-0.05, 0) is 64.1 Å². The zero-order valence-electron chi connectivity index (χ0n) is 14.7. The Balaban J connectivity index is 1.87. The first kappa shape index (κ1) is 17.1. The Kier molecular flexibility index (Phi) is 4.74. The monoisotopic (exact) mass is 344 g/mol. The van der Waals surface area contributed by atoms with Crippen LogP contribution in [0.1, 0.15) is 69.7 Å². The van der Waals surface area contributed by atoms with Crippen molar-refractivity contribution >= 4 is 22.9 Å². The highest BCUT2D eigenvalue weighted by Crippen LogP contribution is 2.36. The van der Waals surface area contributed by atoms with Crippen LogP contribution >= 0.6 is 11.3 Å². The highest BCUT2D eigenvalue weighted by atomic mass is 32.1. The number of Topliss-reactive ketones (excluding diaryl/α,β-unsaturated/α-hetero) is 2. The van der Waals surface area contributed by atoms with Crippen molar-refractivity contribution in [2.24, 2.45) is 0 Å². The van der Waals surface area contributed by atoms with E-state index in [-0.39, 0.29) is 17.6 Å². The second-order valence-electron chi connectivity index (χ2n) is 6.63. The lowest BCUT2D eigenvalue weighted by molar-refractivity contribution is 0.0816. The smallest absolute Gasteiger partial charge is 0.196 e. The third kappa shape index (κ3) is 2.87. The highest BCUT2D eigenvalue weighted by molar-refractivity contribution is 7.10. The van der Waals surface area contributed by atoms with Gasteiger partial charge in [0, 0.05) is 22.2 Å². The molecule has 3 heterocycles. The van der Waals surface area contributed by atoms with Crippen LogP contribution in [0.2, 0.25) is 0 Å². The van der Waals surface area contributed by atoms with E-state index in [0.29, 0.717) is 17.3 Å². The number of aromatic amines is 1. The van der Waals surface area contributed by atoms with Gasteiger partial charge in [-0.1, -0.05) is 6.07 Å². The molecule has 2 aromatic heterocycles. The van der Waals surface area contributed by atoms with Crippen LogP contribution in [0, 0.1) is 13.8 Å². The van der Waals surface area contributed by atoms with Crippen molar-refractivity contribution in [2.75, 3.05) is 6.54 Å². The number of H-pyrrole nitrogens is 1. The van der Waals surface area contributed by atoms with E-state index in [9.17, 15) is 9.59 Å². The van der Waals surface area contributed by atoms with Crippen LogP contribution in [0.3, 0.4) is 0 Å². The molecule has 0 amide bonds. The van der Waals surface area contributed by atoms with Gasteiger partial charge < -0.3 is 4.98 Å². The van der Waals surface area contributed by atoms with Gasteiger partial charge >= 0.3 is 0 Å². The number of hydrogen-bond donors (Lipinski definition) is 1. The van der Waals surface area contributed by atoms with Crippen LogP contribution in [-0.4, -0.2) is 34.0 Å². The van der Waals surface area contributed by atoms with Crippen molar-refractivity contribution in [3.8, 4) is 0 Å². The standard InChI is InChI=1S/C19H24N2O2S/c1-11-17(14(4)22)12(2)20-18(11)19(23)13(3)21-9-5-7-15(21)16-8-6-10-24-16/h6,8,10,13,15,20H,5,7,9H2,1-4H3. The van der Waals surface area contributed by atoms with Crippen LogP contribution in [0.25, 0.3) is 0 Å². The number of aryl methyl sites for hydroxylation is 1. The second-order valence-corrected chi connectivity index (χ2v) is 7.61. The van der Waals surface area contributed by atoms with Gasteiger partial charge in [-0.3, -0.25) is 14.5 Å². The van der Waals surface area contributed by atoms with Crippen molar-refractivity contribution in [3.63, 3.8) is 0 Å². The SMILES string of the molecule is CC(=O)c1c(C)[nH]c(C(=O)C(C)N2CCCC2c2cccs2)c1C. The third-order valence-corrected chi connectivity index (χ3v) is 6.05. The maximum absolute atomic E-state index is 13.1. The number of aromatic nitrogens is 1. The Labute approximate surface area is 146 Å². The molecule has 5 heteroatoms. The summed E-state index contributed by atoms with van der Waals surface area (Å²) in [4.78, 5) is 31.7. The lowest BCUT2D eigenvalue weighted by Crippen LogP contribution is -2.38. The van der Waals surface area contributed by atoms with E-state index < -0.39 is 0 Å². The van der Waals surface area contributed by atoms with Gasteiger partial charge in [-0.25, -0.2) is 0 Å². The quantitative estimate of drug-likeness (QED) is 0.823. The molecule has 2 unspecified atom stereocenters. The molecule has 1 saturated heterocycles. The number of likely N-dealkylation sites (tertiary alicyclic amines) is 1. The van der Waals surface area contributed by atoms with E-state index in [1.54, 1.807) is 18.3 Å². The first-order valence-electron chi connectivity index (χ1n) is 8.45. The predicted molar refractivity (Wildman–Crippen MR) is 97.1 cm³/mol. The zero-order chi connectivity index (χ0) is 17.4. The van der Waals surface area contributed by atoms with Crippen molar-refractivity contribution in [3.05, 3.63) is 44.9 Å². The number of nitrogens with zero attached hydrogens (tertiary/aromatic N) is 1. The summed E-state index contributed by atoms with van der Waals surface area (Å²) in [5.74, 6) is 0.0807. The van der Waals surface area contributed by atoms with Crippen LogP contribution in [0.5, 0.6) is 0 Å². The average Bonchev–Trinajstić information content (AvgIpc) is 3.24. The van der Waals surface area contributed by atoms with E-state index in [2.05, 4.69) is 27.4 Å². The Morgan fingerprint density at radius 3 is 2.71 bits per heavy atom. The third-order valence-electron chi connectivity index (χ3n) is 5.08. The van der Waals surface area contributed by atoms with E-state index in [0.717, 1.165) is 30.6 Å². The fourth-order valence-corrected chi connectivity index (χ4v) is 4.80. The minimum Gasteiger partial charge on any atom is -0.355 e. The Morgan fingerprint density at radius 1 is 1.38 bits per heavy atom. The summed E-state index contributed by atoms with van der Waals surface area (Å²) >= 11 is 1.76. The highest BCUT2D eigenvalue weighted by Gasteiger charge is 2.35. The maximum Gasteiger partial charge on any atom is 0.196 e. The predicted octanol–water partition coefficient (Wildman–Crippen LogP) is 4.30. The van der Waals surface area contributed by atoms with Crippen molar-refractivity contribution in [1.29, 1.82) is 0 Å². The lowest BCUT2D eigenvalue weighted by Gasteiger charge is -2.29. The topological polar surface area (TPSA) is 53.2 Å². The first-order chi connectivity index (χ1) is 11.4. The summed E-state index contributed by atoms with van der Waals surface area (Å²) in [6.45, 7) is 8.19. The fraction of sp³-hybridized carbons (Fsp3) is 0.474. The van der Waals surface area contributed by atoms with Gasteiger partial charge in [0.15, 0.2) is 11.6 Å². The largest absolute Gasteiger partial charge is 0.355 e. The molecule has 0 spiro atoms. The molecule has 0 radical (unpaired) electrons. The van der Waals surface area contributed by atoms with Crippen LogP contribution in [0.4, 0.5) is 0 Å². The van der Waals surface area contributed by atoms with Crippen LogP contribution < -0.4 is 0 Å². The molecule has 1 aliphatic rings. The lowest BCUT2D eigenvalue weighted by atomic mass is 10.0. The molecule has 1 N–H and O–H groups in total. The summed E-state index contributed by atoms with van der Waals surface area (Å²) in [5, 5.41) is 2.09. The average molecular weight is 344 g/mol. The van der Waals surface area contributed by atoms with Crippen molar-refractivity contribution < 1.29 is 9.59 Å². The number of rotatable bonds is 5. The normalized spacial score (nSPS) is 19.6. The van der Waals surface area contributed by atoms with Gasteiger partial charge in [0.05, 0.1) is 11.7 Å². The van der Waals surface area contributed by atoms with E-state index in [1.165, 1.54) is 4.88 Å². The number of hydrogen-bond acceptors (Lipinski definition) is 4. The molecular formula is C19H24N2O2S. The van der Waals surface area contributed by atoms with Gasteiger partial charge in [-0.15, -0.1) is 11.3 Å². The van der Waals surface area contributed by atoms with Crippen molar-refractivity contribution in [1.82, 2.24) is 9.88 Å². The molecule has 1 fully saturated rings. The molecule has 2 aromatic rings. The Morgan fingerprint density at radius 2 is 2.12 bits per heavy atom. The molecule has 1 aliphatic heterocycles. The summed E-state index contributed by atoms with van der Waals surface area (Å²) in [6.07, 6.45) is 2.21. The molecule has 0 aliphatic carbocycles. The number of carbonyl (C=O) groups excluding carboxylic acids is 2. The first-order valence-corrected chi connectivity index (χ1v) is 9.33. The number of nitrogens with one attached hydrogen (secondary N) is 1. The van der Waals surface area contributed by atoms with Gasteiger partial charge in [-0.2, -0.15) is 0 Å². The molecular weight excluding hydrogens is 320 g/mol. The summed E-state index contributed by atoms with van der Waals surface area (Å²) < 4.78 is 0. The molecule has 4 nitrogen and oxygen atoms in total. The van der Waals surface area contributed by atoms with E-state index >= 15 is 0 Å². The summed E-state index contributed by atoms with van der Waals surface area (Å²) in [6, 6.07) is 4.35. The summed E-state index contributed by atoms with van der Waals surface area (Å²) in [7, 11) is 0. The molecule has 128 valence electrons. The zero-order valence-corrected chi connectivity index (χ0v) is 15.5. The molecule has 0 bridgehead atoms. The molecule has 0 aromatic carbocycles. The second kappa shape index (κ2) is 6.65. The molecule has 24 heavy (non-hydrogen) atoms. The maximum atomic E-state index is 13.1. The van der Waals surface area contributed by atoms with Gasteiger partial charge in [0.1, 0.15) is 0 Å². The number of ketones is 2. The Hall–Kier alpha value is -1.72. The minimum atomic E-state index is -0.198. The Bertz CT molecular complexity index is 761. The van der Waals surface area contributed by atoms with E-state index in [1.807, 2.05) is 20.8 Å². The summed E-state index contributed by atoms with van der Waals surface area (Å²) in [5.41, 5.74) is 2.80. The minimum absolute atomic E-state index is 0.00517. The van der Waals surface area contributed by atoms with Gasteiger partial charge in [0.2, 0.25) is 0 Å². The van der Waals surface area contributed by atoms with E-state index in [4.69, 9.17) is 0 Å². The number of thiophene rings is 1. The fourth-order valence-electron chi connectivity index (χ4n) is 3.92. The van der Waals surface area contributed by atoms with Crippen molar-refractivity contribution in [2.45, 2.75) is 52.6 Å².